The van der Waals surface area contributed by atoms with Crippen LogP contribution in [0.5, 0.6) is 0 Å². The second kappa shape index (κ2) is 9.24. The number of aromatic nitrogens is 2. The van der Waals surface area contributed by atoms with Crippen molar-refractivity contribution in [1.29, 1.82) is 0 Å². The van der Waals surface area contributed by atoms with Gasteiger partial charge < -0.3 is 10.1 Å². The molecule has 28 heavy (non-hydrogen) atoms. The molecule has 0 aliphatic heterocycles. The Balaban J connectivity index is 1.59. The highest BCUT2D eigenvalue weighted by molar-refractivity contribution is 6.32. The molecule has 3 rings (SSSR count). The minimum atomic E-state index is -0.631. The lowest BCUT2D eigenvalue weighted by molar-refractivity contribution is -0.125. The molecular weight excluding hydrogens is 378 g/mol. The fourth-order valence-corrected chi connectivity index (χ4v) is 3.94. The first-order valence-electron chi connectivity index (χ1n) is 9.69. The SMILES string of the molecule is Cc1nn(Cc2ccccc2)c(Cl)c1C(=O)OCC(=O)N[C@@H]1CCCC[C@@H]1C. The molecule has 1 aliphatic rings. The highest BCUT2D eigenvalue weighted by atomic mass is 35.5. The summed E-state index contributed by atoms with van der Waals surface area (Å²) in [5.74, 6) is -0.465. The Bertz CT molecular complexity index is 835. The molecule has 6 nitrogen and oxygen atoms in total. The Morgan fingerprint density at radius 3 is 2.68 bits per heavy atom. The molecular formula is C21H26ClN3O3. The van der Waals surface area contributed by atoms with E-state index in [1.54, 1.807) is 11.6 Å². The molecule has 1 aliphatic carbocycles. The van der Waals surface area contributed by atoms with Gasteiger partial charge in [0.15, 0.2) is 6.61 Å². The monoisotopic (exact) mass is 403 g/mol. The number of halogens is 1. The molecule has 1 heterocycles. The fourth-order valence-electron chi connectivity index (χ4n) is 3.63. The van der Waals surface area contributed by atoms with Crippen LogP contribution in [0.2, 0.25) is 5.15 Å². The van der Waals surface area contributed by atoms with Gasteiger partial charge in [-0.1, -0.05) is 61.7 Å². The van der Waals surface area contributed by atoms with Crippen LogP contribution in [0.1, 0.15) is 54.2 Å². The van der Waals surface area contributed by atoms with E-state index in [4.69, 9.17) is 16.3 Å². The van der Waals surface area contributed by atoms with E-state index in [0.29, 0.717) is 18.2 Å². The molecule has 0 bridgehead atoms. The predicted molar refractivity (Wildman–Crippen MR) is 107 cm³/mol. The first-order valence-corrected chi connectivity index (χ1v) is 10.1. The average Bonchev–Trinajstić information content (AvgIpc) is 2.96. The van der Waals surface area contributed by atoms with Crippen molar-refractivity contribution in [3.8, 4) is 0 Å². The maximum absolute atomic E-state index is 12.5. The van der Waals surface area contributed by atoms with Crippen molar-refractivity contribution in [3.63, 3.8) is 0 Å². The molecule has 1 aromatic carbocycles. The van der Waals surface area contributed by atoms with E-state index in [1.807, 2.05) is 30.3 Å². The molecule has 1 saturated carbocycles. The van der Waals surface area contributed by atoms with E-state index in [1.165, 1.54) is 6.42 Å². The summed E-state index contributed by atoms with van der Waals surface area (Å²) in [6.45, 7) is 3.98. The average molecular weight is 404 g/mol. The lowest BCUT2D eigenvalue weighted by Crippen LogP contribution is -2.42. The molecule has 1 amide bonds. The molecule has 1 aromatic heterocycles. The number of carbonyl (C=O) groups is 2. The summed E-state index contributed by atoms with van der Waals surface area (Å²) in [5.41, 5.74) is 1.71. The van der Waals surface area contributed by atoms with Gasteiger partial charge in [0, 0.05) is 6.04 Å². The molecule has 7 heteroatoms. The summed E-state index contributed by atoms with van der Waals surface area (Å²) in [4.78, 5) is 24.6. The van der Waals surface area contributed by atoms with Crippen LogP contribution in [0.15, 0.2) is 30.3 Å². The number of hydrogen-bond donors (Lipinski definition) is 1. The number of amides is 1. The summed E-state index contributed by atoms with van der Waals surface area (Å²) in [5, 5.41) is 7.53. The zero-order valence-corrected chi connectivity index (χ0v) is 17.0. The second-order valence-corrected chi connectivity index (χ2v) is 7.76. The summed E-state index contributed by atoms with van der Waals surface area (Å²) < 4.78 is 6.77. The van der Waals surface area contributed by atoms with Gasteiger partial charge >= 0.3 is 5.97 Å². The largest absolute Gasteiger partial charge is 0.452 e. The van der Waals surface area contributed by atoms with Crippen LogP contribution >= 0.6 is 11.6 Å². The standard InChI is InChI=1S/C21H26ClN3O3/c1-14-8-6-7-11-17(14)23-18(26)13-28-21(27)19-15(2)24-25(20(19)22)12-16-9-4-3-5-10-16/h3-5,9-10,14,17H,6-8,11-13H2,1-2H3,(H,23,26)/t14-,17+/m0/s1. The maximum Gasteiger partial charge on any atom is 0.343 e. The predicted octanol–water partition coefficient (Wildman–Crippen LogP) is 3.74. The van der Waals surface area contributed by atoms with Crippen molar-refractivity contribution in [3.05, 3.63) is 52.3 Å². The quantitative estimate of drug-likeness (QED) is 0.745. The van der Waals surface area contributed by atoms with E-state index < -0.39 is 5.97 Å². The summed E-state index contributed by atoms with van der Waals surface area (Å²) in [6, 6.07) is 9.87. The van der Waals surface area contributed by atoms with E-state index in [0.717, 1.165) is 24.8 Å². The summed E-state index contributed by atoms with van der Waals surface area (Å²) >= 11 is 6.36. The molecule has 1 N–H and O–H groups in total. The van der Waals surface area contributed by atoms with Crippen molar-refractivity contribution in [2.75, 3.05) is 6.61 Å². The van der Waals surface area contributed by atoms with Crippen LogP contribution in [-0.4, -0.2) is 34.3 Å². The number of hydrogen-bond acceptors (Lipinski definition) is 4. The zero-order valence-electron chi connectivity index (χ0n) is 16.3. The third kappa shape index (κ3) is 4.93. The van der Waals surface area contributed by atoms with E-state index in [-0.39, 0.29) is 29.3 Å². The molecule has 0 unspecified atom stereocenters. The Hall–Kier alpha value is -2.34. The summed E-state index contributed by atoms with van der Waals surface area (Å²) in [7, 11) is 0. The van der Waals surface area contributed by atoms with E-state index in [9.17, 15) is 9.59 Å². The first-order chi connectivity index (χ1) is 13.5. The lowest BCUT2D eigenvalue weighted by atomic mass is 9.86. The van der Waals surface area contributed by atoms with Gasteiger partial charge in [0.1, 0.15) is 10.7 Å². The minimum absolute atomic E-state index is 0.152. The topological polar surface area (TPSA) is 73.2 Å². The second-order valence-electron chi connectivity index (χ2n) is 7.41. The number of ether oxygens (including phenoxy) is 1. The van der Waals surface area contributed by atoms with Crippen molar-refractivity contribution in [2.45, 2.75) is 52.1 Å². The molecule has 0 radical (unpaired) electrons. The van der Waals surface area contributed by atoms with Gasteiger partial charge in [-0.2, -0.15) is 5.10 Å². The number of nitrogens with one attached hydrogen (secondary N) is 1. The Morgan fingerprint density at radius 2 is 1.96 bits per heavy atom. The van der Waals surface area contributed by atoms with Crippen LogP contribution in [0.25, 0.3) is 0 Å². The normalized spacial score (nSPS) is 19.2. The van der Waals surface area contributed by atoms with Crippen molar-refractivity contribution >= 4 is 23.5 Å². The van der Waals surface area contributed by atoms with Gasteiger partial charge in [0.25, 0.3) is 5.91 Å². The molecule has 150 valence electrons. The number of carbonyl (C=O) groups excluding carboxylic acids is 2. The van der Waals surface area contributed by atoms with Crippen molar-refractivity contribution in [1.82, 2.24) is 15.1 Å². The Morgan fingerprint density at radius 1 is 1.25 bits per heavy atom. The smallest absolute Gasteiger partial charge is 0.343 e. The van der Waals surface area contributed by atoms with Gasteiger partial charge in [0.2, 0.25) is 0 Å². The van der Waals surface area contributed by atoms with E-state index in [2.05, 4.69) is 17.3 Å². The van der Waals surface area contributed by atoms with Crippen molar-refractivity contribution in [2.24, 2.45) is 5.92 Å². The van der Waals surface area contributed by atoms with Gasteiger partial charge in [0.05, 0.1) is 12.2 Å². The maximum atomic E-state index is 12.5. The molecule has 2 aromatic rings. The van der Waals surface area contributed by atoms with Crippen LogP contribution in [0.4, 0.5) is 0 Å². The minimum Gasteiger partial charge on any atom is -0.452 e. The molecule has 1 fully saturated rings. The van der Waals surface area contributed by atoms with Crippen LogP contribution in [-0.2, 0) is 16.1 Å². The number of aryl methyl sites for hydroxylation is 1. The van der Waals surface area contributed by atoms with Crippen LogP contribution in [0.3, 0.4) is 0 Å². The Kier molecular flexibility index (Phi) is 6.73. The lowest BCUT2D eigenvalue weighted by Gasteiger charge is -2.29. The number of rotatable bonds is 6. The molecule has 2 atom stereocenters. The number of benzene rings is 1. The third-order valence-corrected chi connectivity index (χ3v) is 5.62. The van der Waals surface area contributed by atoms with Crippen LogP contribution < -0.4 is 5.32 Å². The van der Waals surface area contributed by atoms with Gasteiger partial charge in [-0.15, -0.1) is 0 Å². The first kappa shape index (κ1) is 20.4. The van der Waals surface area contributed by atoms with Crippen molar-refractivity contribution < 1.29 is 14.3 Å². The number of esters is 1. The molecule has 0 spiro atoms. The third-order valence-electron chi connectivity index (χ3n) is 5.24. The van der Waals surface area contributed by atoms with Crippen LogP contribution in [0, 0.1) is 12.8 Å². The van der Waals surface area contributed by atoms with Gasteiger partial charge in [-0.25, -0.2) is 9.48 Å². The van der Waals surface area contributed by atoms with Gasteiger partial charge in [-0.3, -0.25) is 4.79 Å². The van der Waals surface area contributed by atoms with Gasteiger partial charge in [-0.05, 0) is 31.2 Å². The zero-order chi connectivity index (χ0) is 20.1. The summed E-state index contributed by atoms with van der Waals surface area (Å²) in [6.07, 6.45) is 4.40. The highest BCUT2D eigenvalue weighted by Crippen LogP contribution is 2.24. The van der Waals surface area contributed by atoms with E-state index >= 15 is 0 Å². The Labute approximate surface area is 170 Å². The number of nitrogens with zero attached hydrogens (tertiary/aromatic N) is 2. The highest BCUT2D eigenvalue weighted by Gasteiger charge is 2.25. The molecule has 0 saturated heterocycles. The fraction of sp³-hybridized carbons (Fsp3) is 0.476.